The summed E-state index contributed by atoms with van der Waals surface area (Å²) in [5.41, 5.74) is 3.87. The first-order valence-corrected chi connectivity index (χ1v) is 2.54. The molecule has 48 valence electrons. The van der Waals surface area contributed by atoms with Gasteiger partial charge in [-0.1, -0.05) is 0 Å². The molecule has 3 nitrogen and oxygen atoms in total. The number of rotatable bonds is 4. The zero-order chi connectivity index (χ0) is 6.41. The Morgan fingerprint density at radius 2 is 2.38 bits per heavy atom. The highest BCUT2D eigenvalue weighted by Crippen LogP contribution is 1.86. The van der Waals surface area contributed by atoms with Crippen LogP contribution in [-0.2, 0) is 0 Å². The van der Waals surface area contributed by atoms with Gasteiger partial charge in [-0.25, -0.2) is 0 Å². The monoisotopic (exact) mass is 114 g/mol. The summed E-state index contributed by atoms with van der Waals surface area (Å²) in [6.45, 7) is 4.97. The highest BCUT2D eigenvalue weighted by molar-refractivity contribution is 5.23. The standard InChI is InChI=1S/C5H12N3/c1-6-4-5-8(3)7-2/h1,4-5H2,2-3H3/q-1. The number of nitrogens with zero attached hydrogens (tertiary/aromatic N) is 3. The van der Waals surface area contributed by atoms with E-state index >= 15 is 0 Å². The molecule has 0 bridgehead atoms. The summed E-state index contributed by atoms with van der Waals surface area (Å²) in [7, 11) is 3.66. The van der Waals surface area contributed by atoms with E-state index in [1.807, 2.05) is 12.1 Å². The van der Waals surface area contributed by atoms with Crippen LogP contribution in [-0.4, -0.2) is 38.9 Å². The molecule has 0 amide bonds. The third-order valence-corrected chi connectivity index (χ3v) is 0.923. The van der Waals surface area contributed by atoms with Gasteiger partial charge in [0.25, 0.3) is 0 Å². The molecular formula is C5H12N3-. The topological polar surface area (TPSA) is 29.7 Å². The molecular weight excluding hydrogens is 102 g/mol. The van der Waals surface area contributed by atoms with Crippen molar-refractivity contribution in [3.8, 4) is 0 Å². The molecule has 0 spiro atoms. The Hall–Kier alpha value is -0.410. The Balaban J connectivity index is 2.97. The highest BCUT2D eigenvalue weighted by atomic mass is 15.5. The Kier molecular flexibility index (Phi) is 4.50. The van der Waals surface area contributed by atoms with Crippen LogP contribution in [0.4, 0.5) is 0 Å². The summed E-state index contributed by atoms with van der Waals surface area (Å²) in [6, 6.07) is 0. The maximum atomic E-state index is 3.87. The molecule has 0 unspecified atom stereocenters. The van der Waals surface area contributed by atoms with Crippen LogP contribution in [0.3, 0.4) is 0 Å². The van der Waals surface area contributed by atoms with Crippen molar-refractivity contribution in [1.29, 1.82) is 0 Å². The van der Waals surface area contributed by atoms with Crippen LogP contribution in [0.5, 0.6) is 0 Å². The second-order valence-corrected chi connectivity index (χ2v) is 1.53. The third kappa shape index (κ3) is 3.77. The summed E-state index contributed by atoms with van der Waals surface area (Å²) in [5.74, 6) is 0. The SMILES string of the molecule is C=NCCN(C)[N-]C. The van der Waals surface area contributed by atoms with Gasteiger partial charge in [-0.15, -0.1) is 0 Å². The molecule has 0 saturated carbocycles. The van der Waals surface area contributed by atoms with Gasteiger partial charge in [-0.2, -0.15) is 7.05 Å². The summed E-state index contributed by atoms with van der Waals surface area (Å²) >= 11 is 0. The maximum Gasteiger partial charge on any atom is 0.0495 e. The van der Waals surface area contributed by atoms with E-state index in [1.54, 1.807) is 7.05 Å². The molecule has 0 radical (unpaired) electrons. The van der Waals surface area contributed by atoms with Gasteiger partial charge in [-0.3, -0.25) is 4.99 Å². The Labute approximate surface area is 50.4 Å². The third-order valence-electron chi connectivity index (χ3n) is 0.923. The average molecular weight is 114 g/mol. The minimum absolute atomic E-state index is 0.758. The number of likely N-dealkylation sites (N-methyl/N-ethyl adjacent to an activating group) is 1. The van der Waals surface area contributed by atoms with E-state index in [2.05, 4.69) is 17.1 Å². The number of hydrogen-bond donors (Lipinski definition) is 0. The van der Waals surface area contributed by atoms with Crippen molar-refractivity contribution >= 4 is 6.72 Å². The first-order valence-electron chi connectivity index (χ1n) is 2.54. The van der Waals surface area contributed by atoms with Crippen LogP contribution in [0.2, 0.25) is 0 Å². The Bertz CT molecular complexity index is 62.7. The summed E-state index contributed by atoms with van der Waals surface area (Å²) in [6.07, 6.45) is 0. The van der Waals surface area contributed by atoms with Crippen LogP contribution in [0, 0.1) is 0 Å². The molecule has 0 fully saturated rings. The minimum Gasteiger partial charge on any atom is -0.597 e. The lowest BCUT2D eigenvalue weighted by Gasteiger charge is -2.27. The molecule has 0 rings (SSSR count). The second kappa shape index (κ2) is 4.74. The molecule has 0 N–H and O–H groups in total. The van der Waals surface area contributed by atoms with Gasteiger partial charge < -0.3 is 10.4 Å². The maximum absolute atomic E-state index is 3.87. The van der Waals surface area contributed by atoms with Crippen molar-refractivity contribution in [3.05, 3.63) is 5.43 Å². The zero-order valence-electron chi connectivity index (χ0n) is 5.46. The highest BCUT2D eigenvalue weighted by Gasteiger charge is 1.78. The second-order valence-electron chi connectivity index (χ2n) is 1.53. The zero-order valence-corrected chi connectivity index (χ0v) is 5.46. The van der Waals surface area contributed by atoms with Crippen molar-refractivity contribution in [2.75, 3.05) is 27.2 Å². The molecule has 0 aliphatic carbocycles. The fourth-order valence-corrected chi connectivity index (χ4v) is 0.315. The molecule has 0 aliphatic rings. The van der Waals surface area contributed by atoms with Crippen LogP contribution in [0.25, 0.3) is 5.43 Å². The van der Waals surface area contributed by atoms with Crippen LogP contribution in [0.15, 0.2) is 4.99 Å². The normalized spacial score (nSPS) is 9.88. The van der Waals surface area contributed by atoms with Crippen LogP contribution >= 0.6 is 0 Å². The fourth-order valence-electron chi connectivity index (χ4n) is 0.315. The van der Waals surface area contributed by atoms with Crippen LogP contribution in [0.1, 0.15) is 0 Å². The number of aliphatic imine (C=N–C) groups is 1. The van der Waals surface area contributed by atoms with Crippen molar-refractivity contribution < 1.29 is 0 Å². The largest absolute Gasteiger partial charge is 0.597 e. The Morgan fingerprint density at radius 1 is 1.75 bits per heavy atom. The lowest BCUT2D eigenvalue weighted by Crippen LogP contribution is -2.15. The predicted molar refractivity (Wildman–Crippen MR) is 36.3 cm³/mol. The number of hydrogen-bond acceptors (Lipinski definition) is 2. The van der Waals surface area contributed by atoms with E-state index in [4.69, 9.17) is 0 Å². The van der Waals surface area contributed by atoms with Gasteiger partial charge in [0.1, 0.15) is 0 Å². The van der Waals surface area contributed by atoms with Crippen LogP contribution < -0.4 is 0 Å². The van der Waals surface area contributed by atoms with E-state index in [9.17, 15) is 0 Å². The van der Waals surface area contributed by atoms with E-state index in [-0.39, 0.29) is 0 Å². The van der Waals surface area contributed by atoms with Crippen molar-refractivity contribution in [2.45, 2.75) is 0 Å². The summed E-state index contributed by atoms with van der Waals surface area (Å²) in [5, 5.41) is 1.83. The molecule has 0 saturated heterocycles. The first-order chi connectivity index (χ1) is 3.81. The molecule has 0 heterocycles. The predicted octanol–water partition coefficient (Wildman–Crippen LogP) is 0.537. The average Bonchev–Trinajstić information content (AvgIpc) is 1.83. The smallest absolute Gasteiger partial charge is 0.0495 e. The van der Waals surface area contributed by atoms with Gasteiger partial charge in [0.05, 0.1) is 0 Å². The van der Waals surface area contributed by atoms with Crippen molar-refractivity contribution in [3.63, 3.8) is 0 Å². The summed E-state index contributed by atoms with van der Waals surface area (Å²) < 4.78 is 0. The molecule has 8 heavy (non-hydrogen) atoms. The van der Waals surface area contributed by atoms with Gasteiger partial charge in [0.15, 0.2) is 0 Å². The van der Waals surface area contributed by atoms with Crippen molar-refractivity contribution in [1.82, 2.24) is 5.01 Å². The van der Waals surface area contributed by atoms with Crippen molar-refractivity contribution in [2.24, 2.45) is 4.99 Å². The lowest BCUT2D eigenvalue weighted by atomic mass is 10.6. The molecule has 0 aromatic carbocycles. The summed E-state index contributed by atoms with van der Waals surface area (Å²) in [4.78, 5) is 3.67. The molecule has 3 heteroatoms. The van der Waals surface area contributed by atoms with Gasteiger partial charge in [0.2, 0.25) is 0 Å². The quantitative estimate of drug-likeness (QED) is 0.387. The Morgan fingerprint density at radius 3 is 2.75 bits per heavy atom. The van der Waals surface area contributed by atoms with E-state index in [0.717, 1.165) is 13.1 Å². The van der Waals surface area contributed by atoms with Gasteiger partial charge >= 0.3 is 0 Å². The van der Waals surface area contributed by atoms with E-state index in [1.165, 1.54) is 0 Å². The molecule has 0 aliphatic heterocycles. The van der Waals surface area contributed by atoms with Gasteiger partial charge in [0, 0.05) is 13.1 Å². The fraction of sp³-hybridized carbons (Fsp3) is 0.800. The lowest BCUT2D eigenvalue weighted by molar-refractivity contribution is 0.437. The van der Waals surface area contributed by atoms with E-state index in [0.29, 0.717) is 0 Å². The first kappa shape index (κ1) is 7.59. The minimum atomic E-state index is 0.758. The van der Waals surface area contributed by atoms with Gasteiger partial charge in [-0.05, 0) is 13.8 Å². The molecule has 0 aromatic rings. The van der Waals surface area contributed by atoms with E-state index < -0.39 is 0 Å². The molecule has 0 atom stereocenters. The molecule has 0 aromatic heterocycles.